The lowest BCUT2D eigenvalue weighted by Gasteiger charge is -2.59. The van der Waals surface area contributed by atoms with Gasteiger partial charge in [-0.1, -0.05) is 13.0 Å². The van der Waals surface area contributed by atoms with Crippen molar-refractivity contribution >= 4 is 17.6 Å². The van der Waals surface area contributed by atoms with Crippen molar-refractivity contribution in [3.63, 3.8) is 0 Å². The van der Waals surface area contributed by atoms with Gasteiger partial charge in [0.25, 0.3) is 5.91 Å². The smallest absolute Gasteiger partial charge is 0.252 e. The summed E-state index contributed by atoms with van der Waals surface area (Å²) in [6.07, 6.45) is 2.29. The first-order valence-corrected chi connectivity index (χ1v) is 9.94. The molecule has 2 aliphatic heterocycles. The highest BCUT2D eigenvalue weighted by atomic mass is 19.2. The van der Waals surface area contributed by atoms with E-state index < -0.39 is 17.2 Å². The average molecular weight is 415 g/mol. The summed E-state index contributed by atoms with van der Waals surface area (Å²) >= 11 is 0. The Kier molecular flexibility index (Phi) is 5.13. The number of piperazine rings is 1. The molecule has 1 aromatic heterocycles. The normalized spacial score (nSPS) is 19.3. The fourth-order valence-electron chi connectivity index (χ4n) is 4.08. The number of rotatable bonds is 5. The van der Waals surface area contributed by atoms with Gasteiger partial charge in [0, 0.05) is 18.8 Å². The van der Waals surface area contributed by atoms with Gasteiger partial charge in [0.05, 0.1) is 13.1 Å². The third kappa shape index (κ3) is 3.28. The molecular formula is C21H23F2N5O2. The van der Waals surface area contributed by atoms with Crippen molar-refractivity contribution in [3.05, 3.63) is 53.7 Å². The quantitative estimate of drug-likeness (QED) is 0.747. The second-order valence-electron chi connectivity index (χ2n) is 7.89. The largest absolute Gasteiger partial charge is 0.349 e. The first-order chi connectivity index (χ1) is 14.4. The van der Waals surface area contributed by atoms with E-state index in [1.807, 2.05) is 18.7 Å². The molecule has 2 aromatic rings. The molecule has 158 valence electrons. The molecule has 2 saturated heterocycles. The Bertz CT molecular complexity index is 965. The Balaban J connectivity index is 1.65. The molecule has 2 aliphatic rings. The van der Waals surface area contributed by atoms with Crippen molar-refractivity contribution in [3.8, 4) is 0 Å². The predicted octanol–water partition coefficient (Wildman–Crippen LogP) is 1.98. The molecule has 0 radical (unpaired) electrons. The molecule has 30 heavy (non-hydrogen) atoms. The van der Waals surface area contributed by atoms with E-state index in [1.165, 1.54) is 11.0 Å². The molecule has 1 aromatic carbocycles. The van der Waals surface area contributed by atoms with Crippen LogP contribution < -0.4 is 4.90 Å². The number of halogens is 2. The summed E-state index contributed by atoms with van der Waals surface area (Å²) in [5.41, 5.74) is -0.634. The van der Waals surface area contributed by atoms with E-state index in [9.17, 15) is 18.4 Å². The van der Waals surface area contributed by atoms with Crippen LogP contribution in [0.15, 0.2) is 36.5 Å². The van der Waals surface area contributed by atoms with Crippen molar-refractivity contribution in [2.24, 2.45) is 0 Å². The second-order valence-corrected chi connectivity index (χ2v) is 7.89. The van der Waals surface area contributed by atoms with E-state index in [1.54, 1.807) is 23.2 Å². The number of aromatic nitrogens is 2. The molecule has 0 bridgehead atoms. The van der Waals surface area contributed by atoms with E-state index in [2.05, 4.69) is 10.2 Å². The lowest BCUT2D eigenvalue weighted by molar-refractivity contribution is -0.170. The molecule has 0 saturated carbocycles. The number of carbonyl (C=O) groups excluding carboxylic acids is 2. The van der Waals surface area contributed by atoms with Gasteiger partial charge < -0.3 is 14.7 Å². The number of amides is 2. The highest BCUT2D eigenvalue weighted by Crippen LogP contribution is 2.37. The fraction of sp³-hybridized carbons (Fsp3) is 0.429. The number of anilines is 1. The molecule has 2 fully saturated rings. The maximum Gasteiger partial charge on any atom is 0.252 e. The molecule has 4 rings (SSSR count). The van der Waals surface area contributed by atoms with E-state index in [4.69, 9.17) is 0 Å². The fourth-order valence-corrected chi connectivity index (χ4v) is 4.08. The molecule has 1 spiro atoms. The van der Waals surface area contributed by atoms with Crippen molar-refractivity contribution in [2.75, 3.05) is 24.5 Å². The summed E-state index contributed by atoms with van der Waals surface area (Å²) in [4.78, 5) is 31.6. The molecule has 3 heterocycles. The highest BCUT2D eigenvalue weighted by Gasteiger charge is 2.60. The maximum atomic E-state index is 13.7. The minimum atomic E-state index is -1.07. The van der Waals surface area contributed by atoms with Crippen LogP contribution in [0, 0.1) is 11.6 Å². The third-order valence-electron chi connectivity index (χ3n) is 6.02. The minimum absolute atomic E-state index is 0.0234. The van der Waals surface area contributed by atoms with Gasteiger partial charge in [0.1, 0.15) is 6.54 Å². The Hall–Kier alpha value is -3.10. The Labute approximate surface area is 173 Å². The van der Waals surface area contributed by atoms with E-state index in [-0.39, 0.29) is 44.0 Å². The molecule has 1 atom stereocenters. The van der Waals surface area contributed by atoms with Gasteiger partial charge in [-0.15, -0.1) is 5.10 Å². The van der Waals surface area contributed by atoms with Crippen LogP contribution in [0.3, 0.4) is 0 Å². The summed E-state index contributed by atoms with van der Waals surface area (Å²) in [5.74, 6) is -1.64. The van der Waals surface area contributed by atoms with Crippen LogP contribution in [0.1, 0.15) is 25.8 Å². The van der Waals surface area contributed by atoms with Gasteiger partial charge in [-0.2, -0.15) is 5.10 Å². The summed E-state index contributed by atoms with van der Waals surface area (Å²) in [7, 11) is 0. The number of hydrogen-bond donors (Lipinski definition) is 0. The summed E-state index contributed by atoms with van der Waals surface area (Å²) in [6, 6.07) is 7.01. The zero-order chi connectivity index (χ0) is 21.5. The van der Waals surface area contributed by atoms with Gasteiger partial charge in [-0.25, -0.2) is 8.78 Å². The molecule has 0 N–H and O–H groups in total. The van der Waals surface area contributed by atoms with E-state index in [0.717, 1.165) is 18.6 Å². The molecular weight excluding hydrogens is 392 g/mol. The zero-order valence-corrected chi connectivity index (χ0v) is 16.9. The monoisotopic (exact) mass is 415 g/mol. The summed E-state index contributed by atoms with van der Waals surface area (Å²) in [5, 5.41) is 7.95. The van der Waals surface area contributed by atoms with Gasteiger partial charge in [0.2, 0.25) is 5.91 Å². The third-order valence-corrected chi connectivity index (χ3v) is 6.02. The van der Waals surface area contributed by atoms with Gasteiger partial charge in [-0.05, 0) is 43.2 Å². The summed E-state index contributed by atoms with van der Waals surface area (Å²) < 4.78 is 27.0. The van der Waals surface area contributed by atoms with Gasteiger partial charge >= 0.3 is 0 Å². The van der Waals surface area contributed by atoms with Gasteiger partial charge in [0.15, 0.2) is 23.0 Å². The van der Waals surface area contributed by atoms with Crippen LogP contribution in [0.4, 0.5) is 14.6 Å². The number of nitrogens with zero attached hydrogens (tertiary/aromatic N) is 5. The highest BCUT2D eigenvalue weighted by molar-refractivity contribution is 6.00. The summed E-state index contributed by atoms with van der Waals surface area (Å²) in [6.45, 7) is 4.44. The maximum absolute atomic E-state index is 13.7. The van der Waals surface area contributed by atoms with Crippen LogP contribution >= 0.6 is 0 Å². The second kappa shape index (κ2) is 7.62. The lowest BCUT2D eigenvalue weighted by atomic mass is 9.82. The first kappa shape index (κ1) is 20.2. The topological polar surface area (TPSA) is 69.6 Å². The molecule has 0 unspecified atom stereocenters. The molecule has 9 heteroatoms. The Morgan fingerprint density at radius 1 is 1.17 bits per heavy atom. The van der Waals surface area contributed by atoms with Crippen molar-refractivity contribution in [1.29, 1.82) is 0 Å². The van der Waals surface area contributed by atoms with Crippen molar-refractivity contribution in [1.82, 2.24) is 20.0 Å². The van der Waals surface area contributed by atoms with Crippen molar-refractivity contribution in [2.45, 2.75) is 38.4 Å². The molecule has 7 nitrogen and oxygen atoms in total. The Morgan fingerprint density at radius 2 is 1.93 bits per heavy atom. The molecule has 2 amide bonds. The van der Waals surface area contributed by atoms with Crippen molar-refractivity contribution < 1.29 is 18.4 Å². The zero-order valence-electron chi connectivity index (χ0n) is 16.9. The lowest BCUT2D eigenvalue weighted by Crippen LogP contribution is -2.81. The first-order valence-electron chi connectivity index (χ1n) is 9.94. The molecule has 0 aliphatic carbocycles. The van der Waals surface area contributed by atoms with E-state index in [0.29, 0.717) is 11.4 Å². The minimum Gasteiger partial charge on any atom is -0.349 e. The average Bonchev–Trinajstić information content (AvgIpc) is 2.72. The number of hydrogen-bond acceptors (Lipinski definition) is 5. The number of benzene rings is 1. The van der Waals surface area contributed by atoms with Crippen LogP contribution in [0.2, 0.25) is 0 Å². The SMILES string of the molecule is CC[C@H](C)N1CC(=O)N(Cc2ccc(F)c(F)c2)C2(CN(c3cccnn3)C2)C1=O. The van der Waals surface area contributed by atoms with Crippen LogP contribution in [-0.2, 0) is 16.1 Å². The number of carbonyl (C=O) groups is 2. The van der Waals surface area contributed by atoms with Crippen LogP contribution in [0.5, 0.6) is 0 Å². The predicted molar refractivity (Wildman–Crippen MR) is 105 cm³/mol. The van der Waals surface area contributed by atoms with Crippen LogP contribution in [-0.4, -0.2) is 63.0 Å². The van der Waals surface area contributed by atoms with Crippen LogP contribution in [0.25, 0.3) is 0 Å². The Morgan fingerprint density at radius 3 is 2.57 bits per heavy atom. The standard InChI is InChI=1S/C21H23F2N5O2/c1-3-14(2)27-11-19(29)28(10-15-6-7-16(22)17(23)9-15)21(20(27)30)12-26(13-21)18-5-4-8-24-25-18/h4-9,14H,3,10-13H2,1-2H3/t14-/m0/s1. The van der Waals surface area contributed by atoms with E-state index >= 15 is 0 Å². The van der Waals surface area contributed by atoms with Gasteiger partial charge in [-0.3, -0.25) is 9.59 Å².